The van der Waals surface area contributed by atoms with Crippen molar-refractivity contribution in [1.82, 2.24) is 24.9 Å². The molecule has 1 fully saturated rings. The normalized spacial score (nSPS) is 15.1. The molecule has 2 aromatic heterocycles. The Kier molecular flexibility index (Phi) is 8.65. The summed E-state index contributed by atoms with van der Waals surface area (Å²) in [6, 6.07) is 19.3. The first-order chi connectivity index (χ1) is 21.6. The first-order valence-electron chi connectivity index (χ1n) is 14.8. The van der Waals surface area contributed by atoms with Crippen molar-refractivity contribution in [3.8, 4) is 6.07 Å². The summed E-state index contributed by atoms with van der Waals surface area (Å²) in [5.41, 5.74) is 4.53. The number of rotatable bonds is 7. The van der Waals surface area contributed by atoms with Crippen LogP contribution < -0.4 is 10.6 Å². The largest absolute Gasteiger partial charge is 0.373 e. The summed E-state index contributed by atoms with van der Waals surface area (Å²) in [5.74, 6) is -0.351. The molecule has 0 saturated carbocycles. The van der Waals surface area contributed by atoms with Crippen molar-refractivity contribution in [2.75, 3.05) is 23.7 Å². The molecule has 1 atom stereocenters. The Morgan fingerprint density at radius 2 is 1.71 bits per heavy atom. The zero-order valence-corrected chi connectivity index (χ0v) is 26.7. The Labute approximate surface area is 271 Å². The van der Waals surface area contributed by atoms with Crippen LogP contribution in [-0.4, -0.2) is 43.5 Å². The lowest BCUT2D eigenvalue weighted by Gasteiger charge is -2.40. The molecule has 5 aromatic rings. The Morgan fingerprint density at radius 3 is 2.38 bits per heavy atom. The van der Waals surface area contributed by atoms with Gasteiger partial charge >= 0.3 is 0 Å². The molecule has 3 heterocycles. The molecule has 1 saturated heterocycles. The number of anilines is 3. The van der Waals surface area contributed by atoms with E-state index in [9.17, 15) is 9.65 Å². The van der Waals surface area contributed by atoms with Crippen LogP contribution in [0.1, 0.15) is 62.5 Å². The van der Waals surface area contributed by atoms with E-state index in [0.29, 0.717) is 43.6 Å². The second kappa shape index (κ2) is 12.6. The molecule has 6 rings (SSSR count). The van der Waals surface area contributed by atoms with Crippen LogP contribution in [0.2, 0.25) is 10.0 Å². The molecule has 3 aromatic carbocycles. The maximum atomic E-state index is 13.6. The lowest BCUT2D eigenvalue weighted by atomic mass is 9.98. The van der Waals surface area contributed by atoms with Crippen LogP contribution in [0.3, 0.4) is 0 Å². The van der Waals surface area contributed by atoms with Gasteiger partial charge in [-0.2, -0.15) is 5.26 Å². The first kappa shape index (κ1) is 30.8. The number of hydrogen-bond acceptors (Lipinski definition) is 7. The zero-order chi connectivity index (χ0) is 31.7. The minimum absolute atomic E-state index is 0.140. The average molecular weight is 644 g/mol. The van der Waals surface area contributed by atoms with E-state index in [1.165, 1.54) is 18.3 Å². The summed E-state index contributed by atoms with van der Waals surface area (Å²) >= 11 is 13.0. The highest BCUT2D eigenvalue weighted by molar-refractivity contribution is 6.36. The maximum Gasteiger partial charge on any atom is 0.123 e. The van der Waals surface area contributed by atoms with Gasteiger partial charge in [0.1, 0.15) is 17.6 Å². The van der Waals surface area contributed by atoms with E-state index >= 15 is 0 Å². The third kappa shape index (κ3) is 6.74. The molecule has 8 nitrogen and oxygen atoms in total. The van der Waals surface area contributed by atoms with E-state index in [1.54, 1.807) is 18.2 Å². The Bertz CT molecular complexity index is 1850. The number of hydrogen-bond donors (Lipinski definition) is 2. The van der Waals surface area contributed by atoms with E-state index in [2.05, 4.69) is 57.7 Å². The van der Waals surface area contributed by atoms with Gasteiger partial charge in [0, 0.05) is 46.6 Å². The van der Waals surface area contributed by atoms with Crippen molar-refractivity contribution in [3.05, 3.63) is 106 Å². The summed E-state index contributed by atoms with van der Waals surface area (Å²) in [4.78, 5) is 6.97. The Hall–Kier alpha value is -4.23. The number of pyridine rings is 1. The van der Waals surface area contributed by atoms with Crippen LogP contribution in [0.15, 0.2) is 73.1 Å². The predicted octanol–water partition coefficient (Wildman–Crippen LogP) is 8.52. The van der Waals surface area contributed by atoms with Gasteiger partial charge in [0.15, 0.2) is 0 Å². The van der Waals surface area contributed by atoms with E-state index in [4.69, 9.17) is 23.2 Å². The lowest BCUT2D eigenvalue weighted by Crippen LogP contribution is -2.46. The van der Waals surface area contributed by atoms with E-state index in [0.717, 1.165) is 37.2 Å². The van der Waals surface area contributed by atoms with Gasteiger partial charge in [-0.15, -0.1) is 5.10 Å². The summed E-state index contributed by atoms with van der Waals surface area (Å²) in [5, 5.41) is 27.6. The third-order valence-electron chi connectivity index (χ3n) is 8.28. The number of benzene rings is 3. The third-order valence-corrected chi connectivity index (χ3v) is 8.82. The molecule has 1 unspecified atom stereocenters. The van der Waals surface area contributed by atoms with Gasteiger partial charge < -0.3 is 10.6 Å². The number of aromatic nitrogens is 4. The van der Waals surface area contributed by atoms with E-state index in [-0.39, 0.29) is 23.4 Å². The standard InChI is InChI=1S/C34H33Cl2FN8/c1-34(2,3)44-14-12-27(13-15-44)45-20-30(42-43-45)32(21-4-6-23(35)7-5-21)41-26-16-28-31(40-25-10-8-24(37)9-11-25)22(18-38)19-39-33(28)29(36)17-26/h4-11,16-17,19-20,27,32,41H,12-15H2,1-3H3,(H,39,40). The van der Waals surface area contributed by atoms with Gasteiger partial charge in [0.05, 0.1) is 40.1 Å². The second-order valence-electron chi connectivity index (χ2n) is 12.3. The number of nitrogens with one attached hydrogen (secondary N) is 2. The minimum Gasteiger partial charge on any atom is -0.373 e. The van der Waals surface area contributed by atoms with Gasteiger partial charge in [-0.05, 0) is 87.7 Å². The van der Waals surface area contributed by atoms with Gasteiger partial charge in [-0.3, -0.25) is 9.88 Å². The van der Waals surface area contributed by atoms with Crippen LogP contribution in [0.5, 0.6) is 0 Å². The Morgan fingerprint density at radius 1 is 1.00 bits per heavy atom. The van der Waals surface area contributed by atoms with Gasteiger partial charge in [-0.1, -0.05) is 40.5 Å². The van der Waals surface area contributed by atoms with Crippen LogP contribution in [0.25, 0.3) is 10.9 Å². The van der Waals surface area contributed by atoms with Gasteiger partial charge in [0.25, 0.3) is 0 Å². The van der Waals surface area contributed by atoms with Crippen molar-refractivity contribution in [2.24, 2.45) is 0 Å². The smallest absolute Gasteiger partial charge is 0.123 e. The molecule has 45 heavy (non-hydrogen) atoms. The van der Waals surface area contributed by atoms with E-state index < -0.39 is 0 Å². The number of halogens is 3. The highest BCUT2D eigenvalue weighted by Crippen LogP contribution is 2.37. The molecule has 230 valence electrons. The number of fused-ring (bicyclic) bond motifs is 1. The topological polar surface area (TPSA) is 94.7 Å². The molecule has 0 bridgehead atoms. The monoisotopic (exact) mass is 642 g/mol. The molecular weight excluding hydrogens is 610 g/mol. The fourth-order valence-corrected chi connectivity index (χ4v) is 6.19. The maximum absolute atomic E-state index is 13.6. The molecule has 0 amide bonds. The zero-order valence-electron chi connectivity index (χ0n) is 25.2. The molecule has 0 radical (unpaired) electrons. The van der Waals surface area contributed by atoms with Gasteiger partial charge in [0.2, 0.25) is 0 Å². The fourth-order valence-electron chi connectivity index (χ4n) is 5.79. The van der Waals surface area contributed by atoms with Crippen LogP contribution >= 0.6 is 23.2 Å². The molecular formula is C34H33Cl2FN8. The van der Waals surface area contributed by atoms with Crippen molar-refractivity contribution < 1.29 is 4.39 Å². The van der Waals surface area contributed by atoms with Crippen molar-refractivity contribution in [2.45, 2.75) is 51.2 Å². The van der Waals surface area contributed by atoms with Gasteiger partial charge in [-0.25, -0.2) is 9.07 Å². The molecule has 11 heteroatoms. The SMILES string of the molecule is CC(C)(C)N1CCC(n2cc(C(Nc3cc(Cl)c4ncc(C#N)c(Nc5ccc(F)cc5)c4c3)c3ccc(Cl)cc3)nn2)CC1. The van der Waals surface area contributed by atoms with Crippen molar-refractivity contribution >= 4 is 51.2 Å². The van der Waals surface area contributed by atoms with Crippen LogP contribution in [0, 0.1) is 17.1 Å². The lowest BCUT2D eigenvalue weighted by molar-refractivity contribution is 0.0866. The highest BCUT2D eigenvalue weighted by atomic mass is 35.5. The van der Waals surface area contributed by atoms with E-state index in [1.807, 2.05) is 41.2 Å². The minimum atomic E-state index is -0.375. The molecule has 1 aliphatic rings. The van der Waals surface area contributed by atoms with Crippen LogP contribution in [-0.2, 0) is 0 Å². The number of nitrogens with zero attached hydrogens (tertiary/aromatic N) is 6. The average Bonchev–Trinajstić information content (AvgIpc) is 3.51. The summed E-state index contributed by atoms with van der Waals surface area (Å²) in [6.45, 7) is 8.76. The van der Waals surface area contributed by atoms with Crippen molar-refractivity contribution in [1.29, 1.82) is 5.26 Å². The summed E-state index contributed by atoms with van der Waals surface area (Å²) < 4.78 is 15.6. The highest BCUT2D eigenvalue weighted by Gasteiger charge is 2.29. The first-order valence-corrected chi connectivity index (χ1v) is 15.6. The molecule has 1 aliphatic heterocycles. The molecule has 0 spiro atoms. The summed E-state index contributed by atoms with van der Waals surface area (Å²) in [7, 11) is 0. The molecule has 2 N–H and O–H groups in total. The molecule has 0 aliphatic carbocycles. The number of nitriles is 1. The predicted molar refractivity (Wildman–Crippen MR) is 178 cm³/mol. The summed E-state index contributed by atoms with van der Waals surface area (Å²) in [6.07, 6.45) is 5.49. The quantitative estimate of drug-likeness (QED) is 0.184. The Balaban J connectivity index is 1.35. The fraction of sp³-hybridized carbons (Fsp3) is 0.294. The number of likely N-dealkylation sites (tertiary alicyclic amines) is 1. The number of piperidine rings is 1. The second-order valence-corrected chi connectivity index (χ2v) is 13.1. The van der Waals surface area contributed by atoms with Crippen molar-refractivity contribution in [3.63, 3.8) is 0 Å². The van der Waals surface area contributed by atoms with Crippen LogP contribution in [0.4, 0.5) is 21.5 Å².